The van der Waals surface area contributed by atoms with Crippen molar-refractivity contribution in [2.24, 2.45) is 5.92 Å². The van der Waals surface area contributed by atoms with Crippen molar-refractivity contribution in [3.05, 3.63) is 58.6 Å². The number of benzene rings is 2. The largest absolute Gasteiger partial charge is 0.454 e. The number of carbonyl (C=O) groups excluding carboxylic acids is 1. The number of halogens is 1. The maximum atomic E-state index is 13.3. The highest BCUT2D eigenvalue weighted by atomic mass is 35.5. The summed E-state index contributed by atoms with van der Waals surface area (Å²) in [4.78, 5) is 17.7. The predicted octanol–water partition coefficient (Wildman–Crippen LogP) is 4.44. The van der Waals surface area contributed by atoms with Crippen molar-refractivity contribution < 1.29 is 14.3 Å². The van der Waals surface area contributed by atoms with E-state index in [4.69, 9.17) is 21.1 Å². The lowest BCUT2D eigenvalue weighted by Crippen LogP contribution is -2.41. The molecular formula is C23H27ClN2O3. The second-order valence-electron chi connectivity index (χ2n) is 7.95. The van der Waals surface area contributed by atoms with E-state index in [2.05, 4.69) is 11.8 Å². The maximum Gasteiger partial charge on any atom is 0.254 e. The molecule has 2 aromatic rings. The number of hydrogen-bond donors (Lipinski definition) is 0. The number of carbonyl (C=O) groups is 1. The molecule has 0 radical (unpaired) electrons. The normalized spacial score (nSPS) is 16.8. The molecule has 0 saturated carbocycles. The number of ether oxygens (including phenoxy) is 2. The van der Waals surface area contributed by atoms with Gasteiger partial charge in [0.15, 0.2) is 11.5 Å². The van der Waals surface area contributed by atoms with E-state index >= 15 is 0 Å². The van der Waals surface area contributed by atoms with Crippen LogP contribution in [0, 0.1) is 5.92 Å². The monoisotopic (exact) mass is 414 g/mol. The summed E-state index contributed by atoms with van der Waals surface area (Å²) in [6, 6.07) is 13.1. The van der Waals surface area contributed by atoms with Crippen molar-refractivity contribution in [1.29, 1.82) is 0 Å². The van der Waals surface area contributed by atoms with Crippen LogP contribution in [0.4, 0.5) is 0 Å². The summed E-state index contributed by atoms with van der Waals surface area (Å²) in [6.45, 7) is 6.85. The molecule has 1 fully saturated rings. The lowest BCUT2D eigenvalue weighted by molar-refractivity contribution is 0.0709. The average molecular weight is 415 g/mol. The lowest BCUT2D eigenvalue weighted by atomic mass is 9.99. The maximum absolute atomic E-state index is 13.3. The molecule has 4 rings (SSSR count). The van der Waals surface area contributed by atoms with Gasteiger partial charge in [-0.2, -0.15) is 0 Å². The van der Waals surface area contributed by atoms with Crippen molar-refractivity contribution in [2.75, 3.05) is 33.0 Å². The molecule has 5 nitrogen and oxygen atoms in total. The van der Waals surface area contributed by atoms with Crippen molar-refractivity contribution in [2.45, 2.75) is 26.3 Å². The average Bonchev–Trinajstić information content (AvgIpc) is 3.21. The Bertz CT molecular complexity index is 848. The molecule has 0 unspecified atom stereocenters. The first-order valence-corrected chi connectivity index (χ1v) is 10.6. The molecule has 154 valence electrons. The van der Waals surface area contributed by atoms with Crippen LogP contribution >= 0.6 is 11.6 Å². The quantitative estimate of drug-likeness (QED) is 0.700. The summed E-state index contributed by atoms with van der Waals surface area (Å²) in [7, 11) is 0. The Morgan fingerprint density at radius 3 is 2.59 bits per heavy atom. The number of nitrogens with zero attached hydrogens (tertiary/aromatic N) is 2. The van der Waals surface area contributed by atoms with Crippen LogP contribution in [0.3, 0.4) is 0 Å². The Balaban J connectivity index is 1.48. The molecule has 6 heteroatoms. The minimum absolute atomic E-state index is 0.00336. The summed E-state index contributed by atoms with van der Waals surface area (Å²) in [6.07, 6.45) is 2.46. The number of likely N-dealkylation sites (tertiary alicyclic amines) is 1. The van der Waals surface area contributed by atoms with E-state index in [1.165, 1.54) is 12.8 Å². The minimum atomic E-state index is 0.00336. The van der Waals surface area contributed by atoms with Gasteiger partial charge in [0.1, 0.15) is 0 Å². The van der Waals surface area contributed by atoms with Gasteiger partial charge in [-0.1, -0.05) is 30.7 Å². The van der Waals surface area contributed by atoms with Crippen molar-refractivity contribution in [3.8, 4) is 11.5 Å². The molecule has 1 amide bonds. The van der Waals surface area contributed by atoms with Gasteiger partial charge >= 0.3 is 0 Å². The van der Waals surface area contributed by atoms with Gasteiger partial charge in [0.2, 0.25) is 6.79 Å². The smallest absolute Gasteiger partial charge is 0.254 e. The van der Waals surface area contributed by atoms with E-state index < -0.39 is 0 Å². The van der Waals surface area contributed by atoms with E-state index in [0.717, 1.165) is 31.1 Å². The van der Waals surface area contributed by atoms with E-state index in [-0.39, 0.29) is 12.7 Å². The molecule has 0 N–H and O–H groups in total. The molecule has 0 bridgehead atoms. The van der Waals surface area contributed by atoms with Crippen LogP contribution in [-0.4, -0.2) is 48.7 Å². The Morgan fingerprint density at radius 2 is 1.83 bits per heavy atom. The molecule has 0 aliphatic carbocycles. The third-order valence-electron chi connectivity index (χ3n) is 5.76. The molecular weight excluding hydrogens is 388 g/mol. The number of piperidine rings is 1. The zero-order valence-corrected chi connectivity index (χ0v) is 17.5. The predicted molar refractivity (Wildman–Crippen MR) is 114 cm³/mol. The first-order valence-electron chi connectivity index (χ1n) is 10.2. The topological polar surface area (TPSA) is 42.0 Å². The molecule has 29 heavy (non-hydrogen) atoms. The number of hydrogen-bond acceptors (Lipinski definition) is 4. The first kappa shape index (κ1) is 20.0. The fraction of sp³-hybridized carbons (Fsp3) is 0.435. The van der Waals surface area contributed by atoms with Crippen molar-refractivity contribution in [3.63, 3.8) is 0 Å². The lowest BCUT2D eigenvalue weighted by Gasteiger charge is -2.32. The highest BCUT2D eigenvalue weighted by molar-refractivity contribution is 6.30. The van der Waals surface area contributed by atoms with Crippen LogP contribution in [0.5, 0.6) is 11.5 Å². The second kappa shape index (κ2) is 9.06. The summed E-state index contributed by atoms with van der Waals surface area (Å²) < 4.78 is 10.8. The first-order chi connectivity index (χ1) is 14.1. The zero-order valence-electron chi connectivity index (χ0n) is 16.8. The van der Waals surface area contributed by atoms with E-state index in [9.17, 15) is 4.79 Å². The molecule has 1 saturated heterocycles. The van der Waals surface area contributed by atoms with E-state index in [1.54, 1.807) is 6.07 Å². The van der Waals surface area contributed by atoms with Crippen LogP contribution in [0.1, 0.15) is 35.7 Å². The van der Waals surface area contributed by atoms with Crippen molar-refractivity contribution in [1.82, 2.24) is 9.80 Å². The molecule has 2 heterocycles. The van der Waals surface area contributed by atoms with Gasteiger partial charge < -0.3 is 19.3 Å². The van der Waals surface area contributed by atoms with Gasteiger partial charge in [0.05, 0.1) is 0 Å². The van der Waals surface area contributed by atoms with Gasteiger partial charge in [0, 0.05) is 30.2 Å². The summed E-state index contributed by atoms with van der Waals surface area (Å²) in [5.41, 5.74) is 1.69. The number of rotatable bonds is 6. The minimum Gasteiger partial charge on any atom is -0.454 e. The SMILES string of the molecule is CC1CCN(CCN(Cc2ccc(Cl)cc2)C(=O)c2ccc3c(c2)OCO3)CC1. The molecule has 2 aromatic carbocycles. The second-order valence-corrected chi connectivity index (χ2v) is 8.38. The van der Waals surface area contributed by atoms with Crippen molar-refractivity contribution >= 4 is 17.5 Å². The summed E-state index contributed by atoms with van der Waals surface area (Å²) in [5.74, 6) is 2.12. The highest BCUT2D eigenvalue weighted by Crippen LogP contribution is 2.33. The molecule has 2 aliphatic heterocycles. The van der Waals surface area contributed by atoms with Crippen LogP contribution in [0.15, 0.2) is 42.5 Å². The van der Waals surface area contributed by atoms with Gasteiger partial charge in [-0.3, -0.25) is 4.79 Å². The molecule has 0 spiro atoms. The zero-order chi connectivity index (χ0) is 20.2. The van der Waals surface area contributed by atoms with Gasteiger partial charge in [-0.05, 0) is 67.7 Å². The Labute approximate surface area is 177 Å². The van der Waals surface area contributed by atoms with Gasteiger partial charge in [0.25, 0.3) is 5.91 Å². The fourth-order valence-electron chi connectivity index (χ4n) is 3.82. The third kappa shape index (κ3) is 5.03. The molecule has 0 atom stereocenters. The van der Waals surface area contributed by atoms with Crippen LogP contribution in [-0.2, 0) is 6.54 Å². The summed E-state index contributed by atoms with van der Waals surface area (Å²) in [5, 5.41) is 0.699. The highest BCUT2D eigenvalue weighted by Gasteiger charge is 2.22. The molecule has 2 aliphatic rings. The van der Waals surface area contributed by atoms with Gasteiger partial charge in [-0.25, -0.2) is 0 Å². The Hall–Kier alpha value is -2.24. The van der Waals surface area contributed by atoms with Crippen LogP contribution < -0.4 is 9.47 Å². The van der Waals surface area contributed by atoms with Gasteiger partial charge in [-0.15, -0.1) is 0 Å². The number of amides is 1. The molecule has 0 aromatic heterocycles. The standard InChI is InChI=1S/C23H27ClN2O3/c1-17-8-10-25(11-9-17)12-13-26(15-18-2-5-20(24)6-3-18)23(27)19-4-7-21-22(14-19)29-16-28-21/h2-7,14,17H,8-13,15-16H2,1H3. The Morgan fingerprint density at radius 1 is 1.10 bits per heavy atom. The van der Waals surface area contributed by atoms with E-state index in [0.29, 0.717) is 35.2 Å². The third-order valence-corrected chi connectivity index (χ3v) is 6.01. The Kier molecular flexibility index (Phi) is 6.26. The van der Waals surface area contributed by atoms with E-state index in [1.807, 2.05) is 41.3 Å². The number of fused-ring (bicyclic) bond motifs is 1. The fourth-order valence-corrected chi connectivity index (χ4v) is 3.95. The summed E-state index contributed by atoms with van der Waals surface area (Å²) >= 11 is 6.02. The van der Waals surface area contributed by atoms with Crippen LogP contribution in [0.25, 0.3) is 0 Å². The van der Waals surface area contributed by atoms with Crippen LogP contribution in [0.2, 0.25) is 5.02 Å².